The number of amides is 1. The molecule has 0 saturated carbocycles. The van der Waals surface area contributed by atoms with Gasteiger partial charge in [-0.25, -0.2) is 4.39 Å². The number of halogens is 1. The molecule has 1 aliphatic rings. The molecular weight excluding hydrogens is 333 g/mol. The molecule has 0 N–H and O–H groups in total. The monoisotopic (exact) mass is 359 g/mol. The SMILES string of the molecule is CCCn1cc(C(=O)N2CCC[C@@H](COc3ccccc3F)C2)c(C)n1. The van der Waals surface area contributed by atoms with Gasteiger partial charge in [0.25, 0.3) is 5.91 Å². The van der Waals surface area contributed by atoms with E-state index in [0.29, 0.717) is 18.7 Å². The lowest BCUT2D eigenvalue weighted by molar-refractivity contribution is 0.0630. The molecule has 0 aliphatic carbocycles. The van der Waals surface area contributed by atoms with Crippen molar-refractivity contribution in [1.82, 2.24) is 14.7 Å². The second-order valence-corrected chi connectivity index (χ2v) is 6.89. The molecule has 1 atom stereocenters. The first-order valence-electron chi connectivity index (χ1n) is 9.29. The number of piperidine rings is 1. The summed E-state index contributed by atoms with van der Waals surface area (Å²) >= 11 is 0. The van der Waals surface area contributed by atoms with E-state index >= 15 is 0 Å². The molecule has 0 spiro atoms. The highest BCUT2D eigenvalue weighted by Crippen LogP contribution is 2.22. The van der Waals surface area contributed by atoms with Gasteiger partial charge in [0.2, 0.25) is 0 Å². The summed E-state index contributed by atoms with van der Waals surface area (Å²) in [7, 11) is 0. The summed E-state index contributed by atoms with van der Waals surface area (Å²) in [5, 5.41) is 4.42. The van der Waals surface area contributed by atoms with Crippen LogP contribution in [-0.4, -0.2) is 40.3 Å². The highest BCUT2D eigenvalue weighted by atomic mass is 19.1. The average Bonchev–Trinajstić information content (AvgIpc) is 3.01. The molecule has 1 fully saturated rings. The van der Waals surface area contributed by atoms with E-state index in [0.717, 1.165) is 38.0 Å². The third-order valence-electron chi connectivity index (χ3n) is 4.75. The Morgan fingerprint density at radius 1 is 1.38 bits per heavy atom. The Bertz CT molecular complexity index is 759. The van der Waals surface area contributed by atoms with E-state index in [9.17, 15) is 9.18 Å². The lowest BCUT2D eigenvalue weighted by Gasteiger charge is -2.32. The Morgan fingerprint density at radius 2 is 2.19 bits per heavy atom. The zero-order valence-electron chi connectivity index (χ0n) is 15.4. The Labute approximate surface area is 153 Å². The molecule has 0 bridgehead atoms. The van der Waals surface area contributed by atoms with Crippen molar-refractivity contribution >= 4 is 5.91 Å². The number of aromatic nitrogens is 2. The van der Waals surface area contributed by atoms with Crippen LogP contribution >= 0.6 is 0 Å². The quantitative estimate of drug-likeness (QED) is 0.791. The first-order valence-corrected chi connectivity index (χ1v) is 9.29. The highest BCUT2D eigenvalue weighted by molar-refractivity contribution is 5.95. The zero-order chi connectivity index (χ0) is 18.5. The second-order valence-electron chi connectivity index (χ2n) is 6.89. The van der Waals surface area contributed by atoms with E-state index in [-0.39, 0.29) is 23.4 Å². The molecule has 1 aliphatic heterocycles. The van der Waals surface area contributed by atoms with Crippen molar-refractivity contribution in [3.05, 3.63) is 47.5 Å². The number of benzene rings is 1. The molecule has 6 heteroatoms. The number of hydrogen-bond acceptors (Lipinski definition) is 3. The smallest absolute Gasteiger partial charge is 0.257 e. The molecule has 1 aromatic carbocycles. The van der Waals surface area contributed by atoms with Gasteiger partial charge < -0.3 is 9.64 Å². The topological polar surface area (TPSA) is 47.4 Å². The normalized spacial score (nSPS) is 17.3. The molecule has 0 radical (unpaired) electrons. The molecule has 3 rings (SSSR count). The molecule has 2 aromatic rings. The van der Waals surface area contributed by atoms with E-state index in [1.807, 2.05) is 22.7 Å². The highest BCUT2D eigenvalue weighted by Gasteiger charge is 2.27. The minimum Gasteiger partial charge on any atom is -0.490 e. The fourth-order valence-corrected chi connectivity index (χ4v) is 3.40. The van der Waals surface area contributed by atoms with Crippen molar-refractivity contribution in [3.63, 3.8) is 0 Å². The molecule has 0 unspecified atom stereocenters. The van der Waals surface area contributed by atoms with Crippen LogP contribution in [0.2, 0.25) is 0 Å². The van der Waals surface area contributed by atoms with Gasteiger partial charge in [0.05, 0.1) is 17.9 Å². The van der Waals surface area contributed by atoms with Crippen molar-refractivity contribution in [2.24, 2.45) is 5.92 Å². The molecule has 140 valence electrons. The van der Waals surface area contributed by atoms with Crippen LogP contribution in [-0.2, 0) is 6.54 Å². The molecule has 1 saturated heterocycles. The van der Waals surface area contributed by atoms with Crippen LogP contribution in [0.1, 0.15) is 42.2 Å². The van der Waals surface area contributed by atoms with E-state index < -0.39 is 0 Å². The predicted molar refractivity (Wildman–Crippen MR) is 97.8 cm³/mol. The summed E-state index contributed by atoms with van der Waals surface area (Å²) in [5.41, 5.74) is 1.45. The largest absolute Gasteiger partial charge is 0.490 e. The third-order valence-corrected chi connectivity index (χ3v) is 4.75. The van der Waals surface area contributed by atoms with Crippen molar-refractivity contribution in [1.29, 1.82) is 0 Å². The Kier molecular flexibility index (Phi) is 5.91. The number of carbonyl (C=O) groups excluding carboxylic acids is 1. The molecule has 2 heterocycles. The van der Waals surface area contributed by atoms with Crippen molar-refractivity contribution in [2.45, 2.75) is 39.7 Å². The summed E-state index contributed by atoms with van der Waals surface area (Å²) in [4.78, 5) is 14.8. The maximum Gasteiger partial charge on any atom is 0.257 e. The van der Waals surface area contributed by atoms with Crippen LogP contribution in [0.3, 0.4) is 0 Å². The fraction of sp³-hybridized carbons (Fsp3) is 0.500. The van der Waals surface area contributed by atoms with Crippen LogP contribution in [0.15, 0.2) is 30.5 Å². The van der Waals surface area contributed by atoms with Gasteiger partial charge in [-0.1, -0.05) is 19.1 Å². The fourth-order valence-electron chi connectivity index (χ4n) is 3.40. The molecular formula is C20H26FN3O2. The minimum atomic E-state index is -0.352. The Balaban J connectivity index is 1.61. The van der Waals surface area contributed by atoms with Gasteiger partial charge in [0.15, 0.2) is 11.6 Å². The van der Waals surface area contributed by atoms with Gasteiger partial charge in [-0.15, -0.1) is 0 Å². The molecule has 1 amide bonds. The average molecular weight is 359 g/mol. The maximum atomic E-state index is 13.7. The second kappa shape index (κ2) is 8.34. The first-order chi connectivity index (χ1) is 12.6. The van der Waals surface area contributed by atoms with Crippen molar-refractivity contribution in [2.75, 3.05) is 19.7 Å². The van der Waals surface area contributed by atoms with Crippen molar-refractivity contribution < 1.29 is 13.9 Å². The van der Waals surface area contributed by atoms with E-state index in [4.69, 9.17) is 4.74 Å². The van der Waals surface area contributed by atoms with Crippen LogP contribution in [0, 0.1) is 18.7 Å². The van der Waals surface area contributed by atoms with Crippen LogP contribution in [0.4, 0.5) is 4.39 Å². The van der Waals surface area contributed by atoms with Gasteiger partial charge in [0, 0.05) is 31.7 Å². The molecule has 5 nitrogen and oxygen atoms in total. The first kappa shape index (κ1) is 18.4. The Hall–Kier alpha value is -2.37. The van der Waals surface area contributed by atoms with Gasteiger partial charge in [-0.3, -0.25) is 9.48 Å². The zero-order valence-corrected chi connectivity index (χ0v) is 15.4. The van der Waals surface area contributed by atoms with Gasteiger partial charge in [0.1, 0.15) is 0 Å². The third kappa shape index (κ3) is 4.23. The van der Waals surface area contributed by atoms with Crippen molar-refractivity contribution in [3.8, 4) is 5.75 Å². The standard InChI is InChI=1S/C20H26FN3O2/c1-3-10-24-13-17(15(2)22-24)20(25)23-11-6-7-16(12-23)14-26-19-9-5-4-8-18(19)21/h4-5,8-9,13,16H,3,6-7,10-12,14H2,1-2H3/t16-/m1/s1. The van der Waals surface area contributed by atoms with Gasteiger partial charge in [-0.2, -0.15) is 5.10 Å². The van der Waals surface area contributed by atoms with Crippen LogP contribution < -0.4 is 4.74 Å². The summed E-state index contributed by atoms with van der Waals surface area (Å²) in [6.07, 6.45) is 4.74. The number of likely N-dealkylation sites (tertiary alicyclic amines) is 1. The van der Waals surface area contributed by atoms with E-state index in [1.165, 1.54) is 6.07 Å². The summed E-state index contributed by atoms with van der Waals surface area (Å²) in [6.45, 7) is 6.57. The van der Waals surface area contributed by atoms with Crippen LogP contribution in [0.5, 0.6) is 5.75 Å². The predicted octanol–water partition coefficient (Wildman–Crippen LogP) is 3.67. The number of para-hydroxylation sites is 1. The lowest BCUT2D eigenvalue weighted by atomic mass is 9.98. The van der Waals surface area contributed by atoms with Crippen LogP contribution in [0.25, 0.3) is 0 Å². The molecule has 1 aromatic heterocycles. The minimum absolute atomic E-state index is 0.0282. The van der Waals surface area contributed by atoms with E-state index in [2.05, 4.69) is 12.0 Å². The molecule has 26 heavy (non-hydrogen) atoms. The maximum absolute atomic E-state index is 13.7. The van der Waals surface area contributed by atoms with Gasteiger partial charge >= 0.3 is 0 Å². The lowest BCUT2D eigenvalue weighted by Crippen LogP contribution is -2.41. The number of carbonyl (C=O) groups is 1. The number of ether oxygens (including phenoxy) is 1. The number of nitrogens with zero attached hydrogens (tertiary/aromatic N) is 3. The summed E-state index contributed by atoms with van der Waals surface area (Å²) in [6, 6.07) is 6.42. The number of aryl methyl sites for hydroxylation is 2. The summed E-state index contributed by atoms with van der Waals surface area (Å²) < 4.78 is 21.2. The van der Waals surface area contributed by atoms with E-state index in [1.54, 1.807) is 18.2 Å². The number of hydrogen-bond donors (Lipinski definition) is 0. The summed E-state index contributed by atoms with van der Waals surface area (Å²) in [5.74, 6) is 0.154. The number of rotatable bonds is 6. The van der Waals surface area contributed by atoms with Gasteiger partial charge in [-0.05, 0) is 38.3 Å². The Morgan fingerprint density at radius 3 is 2.96 bits per heavy atom.